The molecular weight excluding hydrogens is 336 g/mol. The van der Waals surface area contributed by atoms with E-state index in [4.69, 9.17) is 21.1 Å². The van der Waals surface area contributed by atoms with Gasteiger partial charge >= 0.3 is 11.9 Å². The maximum Gasteiger partial charge on any atom is 0.334 e. The Hall–Kier alpha value is -1.37. The van der Waals surface area contributed by atoms with Crippen LogP contribution in [0.4, 0.5) is 0 Å². The van der Waals surface area contributed by atoms with Crippen LogP contribution in [0.15, 0.2) is 23.8 Å². The highest BCUT2D eigenvalue weighted by Crippen LogP contribution is 2.56. The molecule has 24 heavy (non-hydrogen) atoms. The molecule has 0 aromatic rings. The minimum absolute atomic E-state index is 0.106. The highest BCUT2D eigenvalue weighted by atomic mass is 35.5. The van der Waals surface area contributed by atoms with E-state index < -0.39 is 52.6 Å². The molecule has 0 spiro atoms. The lowest BCUT2D eigenvalue weighted by Gasteiger charge is -2.39. The zero-order chi connectivity index (χ0) is 18.0. The molecule has 3 aliphatic rings. The van der Waals surface area contributed by atoms with Gasteiger partial charge in [0.05, 0.1) is 28.4 Å². The number of esters is 2. The van der Waals surface area contributed by atoms with E-state index in [9.17, 15) is 19.8 Å². The molecule has 0 radical (unpaired) electrons. The third-order valence-corrected chi connectivity index (χ3v) is 6.21. The lowest BCUT2D eigenvalue weighted by Crippen LogP contribution is -2.52. The topological polar surface area (TPSA) is 93.1 Å². The van der Waals surface area contributed by atoms with Crippen LogP contribution >= 0.6 is 11.6 Å². The van der Waals surface area contributed by atoms with E-state index in [-0.39, 0.29) is 12.0 Å². The molecule has 132 valence electrons. The zero-order valence-corrected chi connectivity index (χ0v) is 14.5. The number of hydrogen-bond acceptors (Lipinski definition) is 6. The molecule has 0 amide bonds. The summed E-state index contributed by atoms with van der Waals surface area (Å²) >= 11 is 6.29. The van der Waals surface area contributed by atoms with Crippen LogP contribution in [0.25, 0.3) is 0 Å². The molecule has 2 fully saturated rings. The third-order valence-electron chi connectivity index (χ3n) is 5.61. The van der Waals surface area contributed by atoms with Crippen molar-refractivity contribution < 1.29 is 29.3 Å². The first kappa shape index (κ1) is 17.5. The second-order valence-electron chi connectivity index (χ2n) is 7.14. The fourth-order valence-corrected chi connectivity index (χ4v) is 4.73. The van der Waals surface area contributed by atoms with E-state index >= 15 is 0 Å². The largest absolute Gasteiger partial charge is 0.458 e. The molecule has 7 heteroatoms. The second kappa shape index (κ2) is 5.31. The molecular formula is C17H21ClO6. The summed E-state index contributed by atoms with van der Waals surface area (Å²) < 4.78 is 10.8. The predicted molar refractivity (Wildman–Crippen MR) is 85.1 cm³/mol. The van der Waals surface area contributed by atoms with Crippen molar-refractivity contribution in [3.05, 3.63) is 23.8 Å². The molecule has 0 bridgehead atoms. The van der Waals surface area contributed by atoms with Gasteiger partial charge in [0.25, 0.3) is 0 Å². The number of aliphatic hydroxyl groups is 2. The third kappa shape index (κ3) is 2.24. The SMILES string of the molecule is C=C1C(=O)O[C@H]2[C@H]1[C@@H](OC(C)=O)C=C(C)[C@]1(O)C[C@@H](Cl)[C@](C)(O)[C@H]21. The van der Waals surface area contributed by atoms with Gasteiger partial charge in [-0.15, -0.1) is 11.6 Å². The Balaban J connectivity index is 2.17. The Labute approximate surface area is 145 Å². The molecule has 1 saturated carbocycles. The molecule has 1 saturated heterocycles. The molecule has 0 aromatic heterocycles. The summed E-state index contributed by atoms with van der Waals surface area (Å²) in [5.74, 6) is -2.66. The molecule has 1 heterocycles. The van der Waals surface area contributed by atoms with Gasteiger partial charge in [0, 0.05) is 12.5 Å². The summed E-state index contributed by atoms with van der Waals surface area (Å²) in [4.78, 5) is 23.5. The van der Waals surface area contributed by atoms with Crippen molar-refractivity contribution in [3.63, 3.8) is 0 Å². The van der Waals surface area contributed by atoms with Crippen LogP contribution in [-0.4, -0.2) is 50.9 Å². The van der Waals surface area contributed by atoms with Gasteiger partial charge in [-0.2, -0.15) is 0 Å². The van der Waals surface area contributed by atoms with Crippen LogP contribution in [0.5, 0.6) is 0 Å². The zero-order valence-electron chi connectivity index (χ0n) is 13.8. The fraction of sp³-hybridized carbons (Fsp3) is 0.647. The van der Waals surface area contributed by atoms with E-state index in [1.54, 1.807) is 13.0 Å². The average molecular weight is 357 g/mol. The van der Waals surface area contributed by atoms with Gasteiger partial charge in [-0.3, -0.25) is 4.79 Å². The van der Waals surface area contributed by atoms with E-state index in [1.807, 2.05) is 0 Å². The first-order valence-electron chi connectivity index (χ1n) is 7.85. The number of fused-ring (bicyclic) bond motifs is 3. The van der Waals surface area contributed by atoms with Gasteiger partial charge in [0.2, 0.25) is 0 Å². The average Bonchev–Trinajstić information content (AvgIpc) is 2.77. The van der Waals surface area contributed by atoms with E-state index in [0.29, 0.717) is 5.57 Å². The minimum atomic E-state index is -1.47. The van der Waals surface area contributed by atoms with Crippen molar-refractivity contribution in [2.24, 2.45) is 11.8 Å². The number of rotatable bonds is 1. The summed E-state index contributed by atoms with van der Waals surface area (Å²) in [6, 6.07) is 0. The van der Waals surface area contributed by atoms with Gasteiger partial charge in [-0.05, 0) is 31.9 Å². The summed E-state index contributed by atoms with van der Waals surface area (Å²) in [6.45, 7) is 8.25. The highest BCUT2D eigenvalue weighted by Gasteiger charge is 2.67. The quantitative estimate of drug-likeness (QED) is 0.316. The summed E-state index contributed by atoms with van der Waals surface area (Å²) in [5, 5.41) is 21.5. The van der Waals surface area contributed by atoms with Gasteiger partial charge in [-0.1, -0.05) is 6.58 Å². The lowest BCUT2D eigenvalue weighted by atomic mass is 9.74. The summed E-state index contributed by atoms with van der Waals surface area (Å²) in [6.07, 6.45) is 0.0312. The Morgan fingerprint density at radius 1 is 1.50 bits per heavy atom. The fourth-order valence-electron chi connectivity index (χ4n) is 4.36. The first-order chi connectivity index (χ1) is 11.0. The van der Waals surface area contributed by atoms with E-state index in [1.165, 1.54) is 13.8 Å². The van der Waals surface area contributed by atoms with Crippen molar-refractivity contribution in [1.29, 1.82) is 0 Å². The normalized spacial score (nSPS) is 47.4. The van der Waals surface area contributed by atoms with Crippen molar-refractivity contribution in [1.82, 2.24) is 0 Å². The number of carbonyl (C=O) groups excluding carboxylic acids is 2. The molecule has 6 nitrogen and oxygen atoms in total. The Kier molecular flexibility index (Phi) is 3.86. The maximum absolute atomic E-state index is 12.1. The molecule has 1 aliphatic heterocycles. The van der Waals surface area contributed by atoms with E-state index in [0.717, 1.165) is 0 Å². The van der Waals surface area contributed by atoms with Crippen LogP contribution in [0, 0.1) is 11.8 Å². The Morgan fingerprint density at radius 3 is 2.71 bits per heavy atom. The van der Waals surface area contributed by atoms with Gasteiger partial charge in [-0.25, -0.2) is 4.79 Å². The van der Waals surface area contributed by atoms with Crippen LogP contribution in [0.3, 0.4) is 0 Å². The standard InChI is InChI=1S/C17H21ClO6/c1-7-5-10(23-9(3)19)12-8(2)15(20)24-13(12)14-16(4,21)11(18)6-17(7,14)22/h5,10-14,21-22H,2,6H2,1,3-4H3/t10-,11+,12+,13-,14-,16-,17+/m0/s1. The number of halogens is 1. The summed E-state index contributed by atoms with van der Waals surface area (Å²) in [5.41, 5.74) is -2.24. The van der Waals surface area contributed by atoms with Crippen molar-refractivity contribution in [2.75, 3.05) is 0 Å². The maximum atomic E-state index is 12.1. The van der Waals surface area contributed by atoms with Crippen molar-refractivity contribution >= 4 is 23.5 Å². The first-order valence-corrected chi connectivity index (χ1v) is 8.28. The van der Waals surface area contributed by atoms with Crippen molar-refractivity contribution in [3.8, 4) is 0 Å². The van der Waals surface area contributed by atoms with Crippen molar-refractivity contribution in [2.45, 2.75) is 56.0 Å². The molecule has 3 rings (SSSR count). The monoisotopic (exact) mass is 356 g/mol. The van der Waals surface area contributed by atoms with Crippen LogP contribution in [0.1, 0.15) is 27.2 Å². The smallest absolute Gasteiger partial charge is 0.334 e. The Bertz CT molecular complexity index is 653. The molecule has 2 aliphatic carbocycles. The number of hydrogen-bond donors (Lipinski definition) is 2. The van der Waals surface area contributed by atoms with E-state index in [2.05, 4.69) is 6.58 Å². The van der Waals surface area contributed by atoms with Crippen LogP contribution in [-0.2, 0) is 19.1 Å². The molecule has 0 aromatic carbocycles. The number of ether oxygens (including phenoxy) is 2. The lowest BCUT2D eigenvalue weighted by molar-refractivity contribution is -0.157. The molecule has 0 unspecified atom stereocenters. The molecule has 2 N–H and O–H groups in total. The van der Waals surface area contributed by atoms with Gasteiger partial charge < -0.3 is 19.7 Å². The number of carbonyl (C=O) groups is 2. The Morgan fingerprint density at radius 2 is 2.12 bits per heavy atom. The highest BCUT2D eigenvalue weighted by molar-refractivity contribution is 6.21. The van der Waals surface area contributed by atoms with Crippen LogP contribution < -0.4 is 0 Å². The van der Waals surface area contributed by atoms with Gasteiger partial charge in [0.1, 0.15) is 12.2 Å². The molecule has 7 atom stereocenters. The van der Waals surface area contributed by atoms with Crippen LogP contribution in [0.2, 0.25) is 0 Å². The number of alkyl halides is 1. The second-order valence-corrected chi connectivity index (χ2v) is 7.67. The summed E-state index contributed by atoms with van der Waals surface area (Å²) in [7, 11) is 0. The predicted octanol–water partition coefficient (Wildman–Crippen LogP) is 1.09. The minimum Gasteiger partial charge on any atom is -0.458 e. The van der Waals surface area contributed by atoms with Gasteiger partial charge in [0.15, 0.2) is 0 Å².